The van der Waals surface area contributed by atoms with Crippen LogP contribution in [-0.2, 0) is 0 Å². The van der Waals surface area contributed by atoms with Gasteiger partial charge in [-0.05, 0) is 43.3 Å². The molecule has 0 spiro atoms. The molecule has 0 amide bonds. The standard InChI is InChI=1S/C23H21N7O2S/c1-14-11-30(12-24-14)18-9-6-16(10-19(18)32-3)27-23-28-21-20(33-13-25-21)22(29-23)26-15-4-7-17(31-2)8-5-15/h4-13H,1-3H3,(H2,26,27,28,29). The van der Waals surface area contributed by atoms with Crippen molar-refractivity contribution < 1.29 is 9.47 Å². The van der Waals surface area contributed by atoms with Gasteiger partial charge in [0.05, 0.1) is 37.4 Å². The van der Waals surface area contributed by atoms with Crippen LogP contribution >= 0.6 is 11.3 Å². The van der Waals surface area contributed by atoms with Crippen LogP contribution < -0.4 is 20.1 Å². The number of aryl methyl sites for hydroxylation is 1. The van der Waals surface area contributed by atoms with Gasteiger partial charge in [-0.15, -0.1) is 11.3 Å². The van der Waals surface area contributed by atoms with Crippen LogP contribution in [0.2, 0.25) is 0 Å². The quantitative estimate of drug-likeness (QED) is 0.347. The number of anilines is 4. The summed E-state index contributed by atoms with van der Waals surface area (Å²) in [6.45, 7) is 1.95. The molecule has 0 saturated carbocycles. The number of fused-ring (bicyclic) bond motifs is 1. The molecule has 2 aromatic carbocycles. The molecule has 9 nitrogen and oxygen atoms in total. The largest absolute Gasteiger partial charge is 0.497 e. The van der Waals surface area contributed by atoms with Gasteiger partial charge in [0.15, 0.2) is 11.5 Å². The summed E-state index contributed by atoms with van der Waals surface area (Å²) in [6.07, 6.45) is 3.71. The van der Waals surface area contributed by atoms with Gasteiger partial charge in [-0.2, -0.15) is 9.97 Å². The van der Waals surface area contributed by atoms with Crippen molar-refractivity contribution >= 4 is 44.8 Å². The summed E-state index contributed by atoms with van der Waals surface area (Å²) in [6, 6.07) is 13.4. The molecular weight excluding hydrogens is 438 g/mol. The number of methoxy groups -OCH3 is 2. The molecule has 5 aromatic rings. The van der Waals surface area contributed by atoms with Crippen molar-refractivity contribution in [3.05, 3.63) is 66.2 Å². The SMILES string of the molecule is COc1ccc(Nc2nc(Nc3ccc(-n4cnc(C)c4)c(OC)c3)nc3ncsc23)cc1. The molecule has 3 heterocycles. The first-order valence-corrected chi connectivity index (χ1v) is 11.0. The topological polar surface area (TPSA) is 99.0 Å². The van der Waals surface area contributed by atoms with Gasteiger partial charge >= 0.3 is 0 Å². The van der Waals surface area contributed by atoms with Crippen LogP contribution in [0.5, 0.6) is 11.5 Å². The molecule has 0 radical (unpaired) electrons. The number of rotatable bonds is 7. The number of aromatic nitrogens is 5. The van der Waals surface area contributed by atoms with Crippen LogP contribution in [0.4, 0.5) is 23.1 Å². The lowest BCUT2D eigenvalue weighted by Crippen LogP contribution is -2.03. The molecule has 0 aliphatic rings. The van der Waals surface area contributed by atoms with Crippen LogP contribution in [0.15, 0.2) is 60.5 Å². The van der Waals surface area contributed by atoms with Crippen LogP contribution in [-0.4, -0.2) is 38.7 Å². The van der Waals surface area contributed by atoms with Crippen molar-refractivity contribution in [3.8, 4) is 17.2 Å². The minimum Gasteiger partial charge on any atom is -0.497 e. The second-order valence-corrected chi connectivity index (χ2v) is 8.04. The van der Waals surface area contributed by atoms with E-state index >= 15 is 0 Å². The monoisotopic (exact) mass is 459 g/mol. The molecular formula is C23H21N7O2S. The maximum atomic E-state index is 5.60. The first-order chi connectivity index (χ1) is 16.1. The van der Waals surface area contributed by atoms with Gasteiger partial charge in [0.1, 0.15) is 16.2 Å². The predicted molar refractivity (Wildman–Crippen MR) is 130 cm³/mol. The van der Waals surface area contributed by atoms with Crippen molar-refractivity contribution in [2.24, 2.45) is 0 Å². The van der Waals surface area contributed by atoms with Crippen molar-refractivity contribution in [1.82, 2.24) is 24.5 Å². The minimum absolute atomic E-state index is 0.428. The van der Waals surface area contributed by atoms with E-state index in [-0.39, 0.29) is 0 Å². The molecule has 0 saturated heterocycles. The Morgan fingerprint density at radius 2 is 1.73 bits per heavy atom. The van der Waals surface area contributed by atoms with Crippen molar-refractivity contribution in [2.75, 3.05) is 24.9 Å². The molecule has 0 fully saturated rings. The molecule has 3 aromatic heterocycles. The van der Waals surface area contributed by atoms with Gasteiger partial charge in [0.25, 0.3) is 0 Å². The fourth-order valence-electron chi connectivity index (χ4n) is 3.37. The van der Waals surface area contributed by atoms with E-state index < -0.39 is 0 Å². The molecule has 0 bridgehead atoms. The van der Waals surface area contributed by atoms with Gasteiger partial charge in [-0.3, -0.25) is 0 Å². The molecule has 0 atom stereocenters. The fourth-order valence-corrected chi connectivity index (χ4v) is 4.04. The third-order valence-corrected chi connectivity index (χ3v) is 5.79. The molecule has 0 unspecified atom stereocenters. The number of benzene rings is 2. The van der Waals surface area contributed by atoms with Gasteiger partial charge in [-0.1, -0.05) is 0 Å². The smallest absolute Gasteiger partial charge is 0.231 e. The summed E-state index contributed by atoms with van der Waals surface area (Å²) in [5.74, 6) is 2.59. The number of imidazole rings is 1. The highest BCUT2D eigenvalue weighted by molar-refractivity contribution is 7.17. The van der Waals surface area contributed by atoms with Crippen molar-refractivity contribution in [3.63, 3.8) is 0 Å². The zero-order chi connectivity index (χ0) is 22.8. The van der Waals surface area contributed by atoms with Crippen molar-refractivity contribution in [1.29, 1.82) is 0 Å². The van der Waals surface area contributed by atoms with E-state index in [0.29, 0.717) is 23.2 Å². The Kier molecular flexibility index (Phi) is 5.49. The van der Waals surface area contributed by atoms with E-state index in [0.717, 1.165) is 33.2 Å². The third kappa shape index (κ3) is 4.28. The molecule has 33 heavy (non-hydrogen) atoms. The minimum atomic E-state index is 0.428. The Bertz CT molecular complexity index is 1410. The maximum absolute atomic E-state index is 5.60. The Morgan fingerprint density at radius 1 is 0.909 bits per heavy atom. The van der Waals surface area contributed by atoms with E-state index in [1.807, 2.05) is 60.2 Å². The Morgan fingerprint density at radius 3 is 2.45 bits per heavy atom. The first kappa shape index (κ1) is 20.7. The molecule has 166 valence electrons. The second kappa shape index (κ2) is 8.75. The highest BCUT2D eigenvalue weighted by Gasteiger charge is 2.13. The lowest BCUT2D eigenvalue weighted by Gasteiger charge is -2.13. The molecule has 0 aliphatic heterocycles. The maximum Gasteiger partial charge on any atom is 0.231 e. The second-order valence-electron chi connectivity index (χ2n) is 7.19. The number of ether oxygens (including phenoxy) is 2. The first-order valence-electron chi connectivity index (χ1n) is 10.1. The van der Waals surface area contributed by atoms with Gasteiger partial charge in [0.2, 0.25) is 5.95 Å². The lowest BCUT2D eigenvalue weighted by atomic mass is 10.2. The molecule has 2 N–H and O–H groups in total. The van der Waals surface area contributed by atoms with Gasteiger partial charge in [0, 0.05) is 23.6 Å². The van der Waals surface area contributed by atoms with E-state index in [1.165, 1.54) is 11.3 Å². The van der Waals surface area contributed by atoms with Crippen LogP contribution in [0.25, 0.3) is 16.0 Å². The summed E-state index contributed by atoms with van der Waals surface area (Å²) < 4.78 is 13.6. The van der Waals surface area contributed by atoms with E-state index in [2.05, 4.69) is 25.6 Å². The predicted octanol–water partition coefficient (Wildman–Crippen LogP) is 5.08. The highest BCUT2D eigenvalue weighted by Crippen LogP contribution is 2.31. The van der Waals surface area contributed by atoms with Crippen LogP contribution in [0.3, 0.4) is 0 Å². The van der Waals surface area contributed by atoms with Gasteiger partial charge < -0.3 is 24.7 Å². The zero-order valence-electron chi connectivity index (χ0n) is 18.2. The average molecular weight is 460 g/mol. The van der Waals surface area contributed by atoms with E-state index in [4.69, 9.17) is 14.5 Å². The Balaban J connectivity index is 1.45. The van der Waals surface area contributed by atoms with E-state index in [1.54, 1.807) is 26.1 Å². The normalized spacial score (nSPS) is 10.9. The lowest BCUT2D eigenvalue weighted by molar-refractivity contribution is 0.413. The number of hydrogen-bond acceptors (Lipinski definition) is 9. The molecule has 10 heteroatoms. The Labute approximate surface area is 194 Å². The molecule has 0 aliphatic carbocycles. The van der Waals surface area contributed by atoms with Crippen LogP contribution in [0.1, 0.15) is 5.69 Å². The summed E-state index contributed by atoms with van der Waals surface area (Å²) in [5, 5.41) is 6.62. The summed E-state index contributed by atoms with van der Waals surface area (Å²) in [5.41, 5.74) is 5.87. The average Bonchev–Trinajstić information content (AvgIpc) is 3.48. The number of nitrogens with zero attached hydrogens (tertiary/aromatic N) is 5. The summed E-state index contributed by atoms with van der Waals surface area (Å²) in [4.78, 5) is 17.9. The number of hydrogen-bond donors (Lipinski definition) is 2. The van der Waals surface area contributed by atoms with Crippen LogP contribution in [0, 0.1) is 6.92 Å². The highest BCUT2D eigenvalue weighted by atomic mass is 32.1. The van der Waals surface area contributed by atoms with Crippen molar-refractivity contribution in [2.45, 2.75) is 6.92 Å². The Hall–Kier alpha value is -4.18. The fraction of sp³-hybridized carbons (Fsp3) is 0.130. The zero-order valence-corrected chi connectivity index (χ0v) is 19.1. The summed E-state index contributed by atoms with van der Waals surface area (Å²) in [7, 11) is 3.28. The third-order valence-electron chi connectivity index (χ3n) is 4.97. The van der Waals surface area contributed by atoms with E-state index in [9.17, 15) is 0 Å². The number of nitrogens with one attached hydrogen (secondary N) is 2. The van der Waals surface area contributed by atoms with Gasteiger partial charge in [-0.25, -0.2) is 9.97 Å². The molecule has 5 rings (SSSR count). The number of thiazole rings is 1. The summed E-state index contributed by atoms with van der Waals surface area (Å²) >= 11 is 1.48.